The van der Waals surface area contributed by atoms with Crippen LogP contribution in [0.1, 0.15) is 45.1 Å². The van der Waals surface area contributed by atoms with Gasteiger partial charge >= 0.3 is 0 Å². The predicted molar refractivity (Wildman–Crippen MR) is 159 cm³/mol. The van der Waals surface area contributed by atoms with E-state index >= 15 is 0 Å². The molecule has 1 saturated carbocycles. The summed E-state index contributed by atoms with van der Waals surface area (Å²) in [6.45, 7) is 15.1. The lowest BCUT2D eigenvalue weighted by molar-refractivity contribution is -0.138. The first kappa shape index (κ1) is 26.8. The van der Waals surface area contributed by atoms with Crippen LogP contribution >= 0.6 is 0 Å². The Bertz CT molecular complexity index is 1390. The van der Waals surface area contributed by atoms with E-state index in [9.17, 15) is 4.79 Å². The number of carbonyl (C=O) groups is 1. The first-order chi connectivity index (χ1) is 19.4. The van der Waals surface area contributed by atoms with E-state index in [4.69, 9.17) is 11.3 Å². The third kappa shape index (κ3) is 4.86. The number of anilines is 1. The van der Waals surface area contributed by atoms with Crippen LogP contribution in [0, 0.1) is 12.5 Å². The van der Waals surface area contributed by atoms with Crippen LogP contribution < -0.4 is 4.90 Å². The number of aromatic nitrogens is 2. The third-order valence-electron chi connectivity index (χ3n) is 9.56. The zero-order valence-electron chi connectivity index (χ0n) is 24.0. The molecule has 1 aromatic carbocycles. The van der Waals surface area contributed by atoms with Gasteiger partial charge in [0.05, 0.1) is 22.7 Å². The summed E-state index contributed by atoms with van der Waals surface area (Å²) in [6.07, 6.45) is 7.57. The van der Waals surface area contributed by atoms with Gasteiger partial charge in [0.25, 0.3) is 12.6 Å². The highest BCUT2D eigenvalue weighted by molar-refractivity contribution is 5.82. The SMILES string of the molecule is C#[N+][C@H]1C[C@H](C(=O)N2CCN(c3ccnn4cc(-c5ccc(C6(OC)CCN(C(C)C)CC6)cc5)cc34)CC2)C1. The van der Waals surface area contributed by atoms with Crippen LogP contribution in [0.2, 0.25) is 0 Å². The Balaban J connectivity index is 1.15. The Labute approximate surface area is 237 Å². The number of hydrogen-bond acceptors (Lipinski definition) is 5. The molecule has 6 rings (SSSR count). The molecule has 8 nitrogen and oxygen atoms in total. The summed E-state index contributed by atoms with van der Waals surface area (Å²) in [5.74, 6) is 0.344. The van der Waals surface area contributed by atoms with Crippen LogP contribution in [0.15, 0.2) is 48.8 Å². The second kappa shape index (κ2) is 10.9. The number of amides is 1. The number of piperidine rings is 1. The third-order valence-corrected chi connectivity index (χ3v) is 9.56. The Hall–Kier alpha value is -3.41. The second-order valence-electron chi connectivity index (χ2n) is 12.0. The zero-order chi connectivity index (χ0) is 27.9. The van der Waals surface area contributed by atoms with E-state index in [0.717, 1.165) is 81.7 Å². The van der Waals surface area contributed by atoms with Crippen molar-refractivity contribution in [3.8, 4) is 17.7 Å². The van der Waals surface area contributed by atoms with Crippen molar-refractivity contribution >= 4 is 17.1 Å². The molecule has 210 valence electrons. The van der Waals surface area contributed by atoms with Gasteiger partial charge in [-0.05, 0) is 49.9 Å². The molecule has 0 spiro atoms. The molecule has 0 bridgehead atoms. The highest BCUT2D eigenvalue weighted by atomic mass is 16.5. The quantitative estimate of drug-likeness (QED) is 0.451. The maximum Gasteiger partial charge on any atom is 0.273 e. The van der Waals surface area contributed by atoms with E-state index in [1.54, 1.807) is 0 Å². The molecule has 0 radical (unpaired) electrons. The summed E-state index contributed by atoms with van der Waals surface area (Å²) in [7, 11) is 1.85. The van der Waals surface area contributed by atoms with Gasteiger partial charge in [0, 0.05) is 83.2 Å². The molecular formula is C32H41N6O2+. The molecule has 40 heavy (non-hydrogen) atoms. The number of nitrogens with zero attached hydrogens (tertiary/aromatic N) is 6. The summed E-state index contributed by atoms with van der Waals surface area (Å²) in [5.41, 5.74) is 5.60. The average molecular weight is 542 g/mol. The molecule has 0 atom stereocenters. The number of likely N-dealkylation sites (tertiary alicyclic amines) is 1. The number of rotatable bonds is 6. The summed E-state index contributed by atoms with van der Waals surface area (Å²) in [4.78, 5) is 23.6. The van der Waals surface area contributed by atoms with Gasteiger partial charge in [0.2, 0.25) is 5.91 Å². The second-order valence-corrected chi connectivity index (χ2v) is 12.0. The molecule has 4 heterocycles. The molecule has 3 aliphatic rings. The monoisotopic (exact) mass is 541 g/mol. The Kier molecular flexibility index (Phi) is 7.28. The number of piperazine rings is 1. The minimum Gasteiger partial charge on any atom is -0.373 e. The Morgan fingerprint density at radius 2 is 1.73 bits per heavy atom. The minimum absolute atomic E-state index is 0.0858. The van der Waals surface area contributed by atoms with Crippen molar-refractivity contribution in [2.24, 2.45) is 5.92 Å². The largest absolute Gasteiger partial charge is 0.373 e. The van der Waals surface area contributed by atoms with E-state index in [0.29, 0.717) is 6.04 Å². The zero-order valence-corrected chi connectivity index (χ0v) is 24.0. The molecule has 1 amide bonds. The lowest BCUT2D eigenvalue weighted by Crippen LogP contribution is -2.52. The van der Waals surface area contributed by atoms with Crippen LogP contribution in [0.3, 0.4) is 0 Å². The topological polar surface area (TPSA) is 57.7 Å². The van der Waals surface area contributed by atoms with Gasteiger partial charge in [-0.1, -0.05) is 29.1 Å². The van der Waals surface area contributed by atoms with Crippen LogP contribution in [0.4, 0.5) is 5.69 Å². The van der Waals surface area contributed by atoms with Gasteiger partial charge in [-0.2, -0.15) is 5.10 Å². The van der Waals surface area contributed by atoms with Gasteiger partial charge in [-0.25, -0.2) is 4.52 Å². The van der Waals surface area contributed by atoms with Crippen LogP contribution in [-0.2, 0) is 15.1 Å². The normalized spacial score (nSPS) is 23.3. The fourth-order valence-corrected chi connectivity index (χ4v) is 6.74. The number of methoxy groups -OCH3 is 1. The fourth-order valence-electron chi connectivity index (χ4n) is 6.74. The summed E-state index contributed by atoms with van der Waals surface area (Å²) in [6, 6.07) is 14.0. The van der Waals surface area contributed by atoms with Crippen LogP contribution in [0.25, 0.3) is 21.5 Å². The number of benzene rings is 1. The number of fused-ring (bicyclic) bond motifs is 1. The lowest BCUT2D eigenvalue weighted by atomic mass is 9.79. The minimum atomic E-state index is -0.215. The van der Waals surface area contributed by atoms with Gasteiger partial charge in [-0.15, -0.1) is 0 Å². The van der Waals surface area contributed by atoms with Crippen LogP contribution in [0.5, 0.6) is 0 Å². The van der Waals surface area contributed by atoms with Crippen molar-refractivity contribution in [3.63, 3.8) is 0 Å². The Morgan fingerprint density at radius 1 is 1.02 bits per heavy atom. The van der Waals surface area contributed by atoms with E-state index in [1.807, 2.05) is 22.7 Å². The van der Waals surface area contributed by atoms with Crippen LogP contribution in [-0.4, -0.2) is 83.8 Å². The molecule has 1 aliphatic carbocycles. The molecule has 2 aliphatic heterocycles. The van der Waals surface area contributed by atoms with Crippen molar-refractivity contribution in [3.05, 3.63) is 59.2 Å². The highest BCUT2D eigenvalue weighted by Gasteiger charge is 2.43. The molecule has 0 unspecified atom stereocenters. The maximum atomic E-state index is 12.9. The molecule has 0 N–H and O–H groups in total. The van der Waals surface area contributed by atoms with Gasteiger partial charge in [0.1, 0.15) is 0 Å². The molecule has 3 fully saturated rings. The van der Waals surface area contributed by atoms with Crippen molar-refractivity contribution in [2.75, 3.05) is 51.3 Å². The number of carbonyl (C=O) groups excluding carboxylic acids is 1. The highest BCUT2D eigenvalue weighted by Crippen LogP contribution is 2.38. The standard InChI is InChI=1S/C32H41N6O2/c1-23(2)35-13-10-32(40-4,11-14-35)27-7-5-24(6-8-27)26-21-30-29(9-12-34-38(30)22-26)36-15-17-37(18-16-36)31(39)25-19-28(20-25)33-3/h3,5-9,12,21-23,25,28H,10-11,13-20H2,1-2,4H3/q+1/t25-,28-. The van der Waals surface area contributed by atoms with E-state index in [-0.39, 0.29) is 23.5 Å². The molecule has 3 aromatic rings. The van der Waals surface area contributed by atoms with Gasteiger partial charge in [-0.3, -0.25) is 4.79 Å². The molecule has 2 aromatic heterocycles. The summed E-state index contributed by atoms with van der Waals surface area (Å²) in [5, 5.41) is 4.60. The Morgan fingerprint density at radius 3 is 2.35 bits per heavy atom. The predicted octanol–water partition coefficient (Wildman–Crippen LogP) is 4.74. The van der Waals surface area contributed by atoms with Gasteiger partial charge in [0.15, 0.2) is 0 Å². The van der Waals surface area contributed by atoms with Gasteiger partial charge < -0.3 is 19.4 Å². The van der Waals surface area contributed by atoms with Crippen molar-refractivity contribution < 1.29 is 9.53 Å². The number of ether oxygens (including phenoxy) is 1. The summed E-state index contributed by atoms with van der Waals surface area (Å²) < 4.78 is 8.12. The lowest BCUT2D eigenvalue weighted by Gasteiger charge is -2.42. The first-order valence-electron chi connectivity index (χ1n) is 14.7. The summed E-state index contributed by atoms with van der Waals surface area (Å²) >= 11 is 0. The number of hydrogen-bond donors (Lipinski definition) is 0. The van der Waals surface area contributed by atoms with E-state index in [2.05, 4.69) is 76.2 Å². The van der Waals surface area contributed by atoms with Crippen molar-refractivity contribution in [1.29, 1.82) is 0 Å². The molecule has 2 saturated heterocycles. The van der Waals surface area contributed by atoms with E-state index < -0.39 is 0 Å². The smallest absolute Gasteiger partial charge is 0.273 e. The first-order valence-corrected chi connectivity index (χ1v) is 14.7. The van der Waals surface area contributed by atoms with Crippen molar-refractivity contribution in [1.82, 2.24) is 19.4 Å². The molecule has 8 heteroatoms. The fraction of sp³-hybridized carbons (Fsp3) is 0.531. The average Bonchev–Trinajstić information content (AvgIpc) is 3.41. The van der Waals surface area contributed by atoms with Crippen molar-refractivity contribution in [2.45, 2.75) is 57.2 Å². The molecular weight excluding hydrogens is 500 g/mol. The maximum absolute atomic E-state index is 12.9. The van der Waals surface area contributed by atoms with E-state index in [1.165, 1.54) is 11.1 Å².